The quantitative estimate of drug-likeness (QED) is 0.571. The van der Waals surface area contributed by atoms with Crippen LogP contribution in [0.2, 0.25) is 10.0 Å². The summed E-state index contributed by atoms with van der Waals surface area (Å²) in [4.78, 5) is 4.60. The number of halogens is 2. The summed E-state index contributed by atoms with van der Waals surface area (Å²) in [5.74, 6) is 0. The van der Waals surface area contributed by atoms with E-state index in [1.165, 1.54) is 10.3 Å². The lowest BCUT2D eigenvalue weighted by Crippen LogP contribution is -1.78. The van der Waals surface area contributed by atoms with Gasteiger partial charge in [0.2, 0.25) is 0 Å². The summed E-state index contributed by atoms with van der Waals surface area (Å²) in [6.45, 7) is 2.07. The minimum atomic E-state index is 0.671. The Bertz CT molecular complexity index is 734. The molecule has 3 rings (SSSR count). The number of fused-ring (bicyclic) bond motifs is 1. The SMILES string of the molecule is Cc1ccc2nc(-c3cc(Cl)ccc3Cl)sc2c1. The first-order valence-corrected chi connectivity index (χ1v) is 7.03. The second-order valence-corrected chi connectivity index (χ2v) is 5.99. The zero-order chi connectivity index (χ0) is 12.7. The lowest BCUT2D eigenvalue weighted by molar-refractivity contribution is 1.45. The van der Waals surface area contributed by atoms with Crippen molar-refractivity contribution in [2.45, 2.75) is 6.92 Å². The fourth-order valence-electron chi connectivity index (χ4n) is 1.81. The number of thiazole rings is 1. The van der Waals surface area contributed by atoms with Crippen LogP contribution in [0, 0.1) is 6.92 Å². The van der Waals surface area contributed by atoms with E-state index in [-0.39, 0.29) is 0 Å². The van der Waals surface area contributed by atoms with Gasteiger partial charge in [-0.25, -0.2) is 4.98 Å². The Morgan fingerprint density at radius 1 is 1.06 bits per heavy atom. The molecule has 0 spiro atoms. The average molecular weight is 294 g/mol. The normalized spacial score (nSPS) is 11.1. The van der Waals surface area contributed by atoms with Crippen molar-refractivity contribution < 1.29 is 0 Å². The van der Waals surface area contributed by atoms with E-state index in [1.54, 1.807) is 23.5 Å². The number of rotatable bonds is 1. The van der Waals surface area contributed by atoms with E-state index in [2.05, 4.69) is 24.0 Å². The van der Waals surface area contributed by atoms with Gasteiger partial charge in [-0.2, -0.15) is 0 Å². The van der Waals surface area contributed by atoms with E-state index < -0.39 is 0 Å². The molecule has 2 aromatic carbocycles. The van der Waals surface area contributed by atoms with Gasteiger partial charge in [0.15, 0.2) is 0 Å². The maximum Gasteiger partial charge on any atom is 0.126 e. The highest BCUT2D eigenvalue weighted by Gasteiger charge is 2.10. The maximum absolute atomic E-state index is 6.20. The molecule has 1 heterocycles. The Balaban J connectivity index is 2.22. The van der Waals surface area contributed by atoms with Crippen LogP contribution in [0.15, 0.2) is 36.4 Å². The minimum Gasteiger partial charge on any atom is -0.236 e. The molecule has 0 aliphatic carbocycles. The standard InChI is InChI=1S/C14H9Cl2NS/c1-8-2-5-12-13(6-8)18-14(17-12)10-7-9(15)3-4-11(10)16/h2-7H,1H3. The van der Waals surface area contributed by atoms with Crippen LogP contribution in [-0.4, -0.2) is 4.98 Å². The zero-order valence-electron chi connectivity index (χ0n) is 9.58. The van der Waals surface area contributed by atoms with Crippen molar-refractivity contribution in [3.63, 3.8) is 0 Å². The molecule has 3 aromatic rings. The van der Waals surface area contributed by atoms with Crippen LogP contribution in [0.3, 0.4) is 0 Å². The molecule has 1 aromatic heterocycles. The first kappa shape index (κ1) is 12.0. The van der Waals surface area contributed by atoms with E-state index in [4.69, 9.17) is 23.2 Å². The molecule has 1 nitrogen and oxygen atoms in total. The summed E-state index contributed by atoms with van der Waals surface area (Å²) in [5.41, 5.74) is 3.12. The average Bonchev–Trinajstić information content (AvgIpc) is 2.74. The Hall–Kier alpha value is -1.09. The Labute approximate surface area is 119 Å². The smallest absolute Gasteiger partial charge is 0.126 e. The third kappa shape index (κ3) is 2.12. The third-order valence-corrected chi connectivity index (χ3v) is 4.32. The molecule has 0 atom stereocenters. The summed E-state index contributed by atoms with van der Waals surface area (Å²) in [6, 6.07) is 11.7. The first-order chi connectivity index (χ1) is 8.63. The van der Waals surface area contributed by atoms with Gasteiger partial charge < -0.3 is 0 Å². The Kier molecular flexibility index (Phi) is 3.02. The van der Waals surface area contributed by atoms with Gasteiger partial charge in [-0.05, 0) is 42.8 Å². The molecule has 0 aliphatic heterocycles. The van der Waals surface area contributed by atoms with Gasteiger partial charge in [0.1, 0.15) is 5.01 Å². The Morgan fingerprint density at radius 3 is 2.72 bits per heavy atom. The molecule has 0 saturated carbocycles. The van der Waals surface area contributed by atoms with Crippen molar-refractivity contribution in [2.75, 3.05) is 0 Å². The molecule has 18 heavy (non-hydrogen) atoms. The number of aryl methyl sites for hydroxylation is 1. The van der Waals surface area contributed by atoms with Crippen LogP contribution in [-0.2, 0) is 0 Å². The maximum atomic E-state index is 6.20. The highest BCUT2D eigenvalue weighted by molar-refractivity contribution is 7.21. The van der Waals surface area contributed by atoms with Crippen molar-refractivity contribution in [1.82, 2.24) is 4.98 Å². The van der Waals surface area contributed by atoms with Crippen molar-refractivity contribution in [3.8, 4) is 10.6 Å². The fourth-order valence-corrected chi connectivity index (χ4v) is 3.34. The predicted octanol–water partition coefficient (Wildman–Crippen LogP) is 5.58. The molecular formula is C14H9Cl2NS. The molecule has 90 valence electrons. The van der Waals surface area contributed by atoms with Gasteiger partial charge in [-0.1, -0.05) is 29.3 Å². The van der Waals surface area contributed by atoms with Gasteiger partial charge in [0, 0.05) is 10.6 Å². The number of aromatic nitrogens is 1. The van der Waals surface area contributed by atoms with Gasteiger partial charge in [0.05, 0.1) is 15.2 Å². The fraction of sp³-hybridized carbons (Fsp3) is 0.0714. The number of hydrogen-bond donors (Lipinski definition) is 0. The van der Waals surface area contributed by atoms with E-state index in [0.29, 0.717) is 10.0 Å². The van der Waals surface area contributed by atoms with Crippen LogP contribution in [0.25, 0.3) is 20.8 Å². The number of nitrogens with zero attached hydrogens (tertiary/aromatic N) is 1. The van der Waals surface area contributed by atoms with Gasteiger partial charge in [-0.3, -0.25) is 0 Å². The van der Waals surface area contributed by atoms with Crippen LogP contribution < -0.4 is 0 Å². The summed E-state index contributed by atoms with van der Waals surface area (Å²) in [7, 11) is 0. The lowest BCUT2D eigenvalue weighted by atomic mass is 10.2. The second kappa shape index (κ2) is 4.54. The lowest BCUT2D eigenvalue weighted by Gasteiger charge is -2.00. The molecule has 0 fully saturated rings. The van der Waals surface area contributed by atoms with Crippen LogP contribution >= 0.6 is 34.5 Å². The summed E-state index contributed by atoms with van der Waals surface area (Å²) in [6.07, 6.45) is 0. The second-order valence-electron chi connectivity index (χ2n) is 4.11. The Morgan fingerprint density at radius 2 is 1.89 bits per heavy atom. The number of hydrogen-bond acceptors (Lipinski definition) is 2. The zero-order valence-corrected chi connectivity index (χ0v) is 11.9. The summed E-state index contributed by atoms with van der Waals surface area (Å²) >= 11 is 13.8. The molecule has 0 radical (unpaired) electrons. The van der Waals surface area contributed by atoms with E-state index in [0.717, 1.165) is 16.1 Å². The minimum absolute atomic E-state index is 0.671. The van der Waals surface area contributed by atoms with E-state index in [9.17, 15) is 0 Å². The largest absolute Gasteiger partial charge is 0.236 e. The van der Waals surface area contributed by atoms with Crippen LogP contribution in [0.5, 0.6) is 0 Å². The molecule has 0 amide bonds. The predicted molar refractivity (Wildman–Crippen MR) is 79.8 cm³/mol. The molecule has 4 heteroatoms. The first-order valence-electron chi connectivity index (χ1n) is 5.46. The van der Waals surface area contributed by atoms with Gasteiger partial charge in [0.25, 0.3) is 0 Å². The molecule has 0 unspecified atom stereocenters. The molecular weight excluding hydrogens is 285 g/mol. The van der Waals surface area contributed by atoms with Crippen molar-refractivity contribution >= 4 is 44.8 Å². The van der Waals surface area contributed by atoms with E-state index in [1.807, 2.05) is 12.1 Å². The monoisotopic (exact) mass is 293 g/mol. The molecule has 0 aliphatic rings. The van der Waals surface area contributed by atoms with Gasteiger partial charge >= 0.3 is 0 Å². The van der Waals surface area contributed by atoms with Crippen LogP contribution in [0.1, 0.15) is 5.56 Å². The van der Waals surface area contributed by atoms with Crippen LogP contribution in [0.4, 0.5) is 0 Å². The summed E-state index contributed by atoms with van der Waals surface area (Å²) in [5, 5.41) is 2.25. The van der Waals surface area contributed by atoms with Crippen molar-refractivity contribution in [3.05, 3.63) is 52.0 Å². The van der Waals surface area contributed by atoms with E-state index >= 15 is 0 Å². The summed E-state index contributed by atoms with van der Waals surface area (Å²) < 4.78 is 1.17. The topological polar surface area (TPSA) is 12.9 Å². The molecule has 0 bridgehead atoms. The van der Waals surface area contributed by atoms with Crippen molar-refractivity contribution in [2.24, 2.45) is 0 Å². The highest BCUT2D eigenvalue weighted by atomic mass is 35.5. The number of benzene rings is 2. The molecule has 0 saturated heterocycles. The highest BCUT2D eigenvalue weighted by Crippen LogP contribution is 2.35. The molecule has 0 N–H and O–H groups in total. The van der Waals surface area contributed by atoms with Gasteiger partial charge in [-0.15, -0.1) is 11.3 Å². The third-order valence-electron chi connectivity index (χ3n) is 2.70. The van der Waals surface area contributed by atoms with Crippen molar-refractivity contribution in [1.29, 1.82) is 0 Å².